The SMILES string of the molecule is CCCOc1cccc(N2CCC(C)(C(=O)NC)C2)c1N. The Balaban J connectivity index is 2.18. The van der Waals surface area contributed by atoms with E-state index in [4.69, 9.17) is 10.5 Å². The third kappa shape index (κ3) is 3.06. The third-order valence-corrected chi connectivity index (χ3v) is 4.09. The highest BCUT2D eigenvalue weighted by Gasteiger charge is 2.40. The van der Waals surface area contributed by atoms with E-state index < -0.39 is 0 Å². The Hall–Kier alpha value is -1.91. The minimum Gasteiger partial charge on any atom is -0.491 e. The minimum atomic E-state index is -0.360. The number of nitrogens with zero attached hydrogens (tertiary/aromatic N) is 1. The Labute approximate surface area is 126 Å². The maximum Gasteiger partial charge on any atom is 0.227 e. The number of para-hydroxylation sites is 1. The Morgan fingerprint density at radius 2 is 2.29 bits per heavy atom. The van der Waals surface area contributed by atoms with Gasteiger partial charge in [-0.2, -0.15) is 0 Å². The molecule has 0 bridgehead atoms. The summed E-state index contributed by atoms with van der Waals surface area (Å²) in [6.45, 7) is 6.22. The number of nitrogen functional groups attached to an aromatic ring is 1. The van der Waals surface area contributed by atoms with Crippen LogP contribution in [-0.4, -0.2) is 32.7 Å². The number of nitrogens with two attached hydrogens (primary N) is 1. The molecule has 1 fully saturated rings. The smallest absolute Gasteiger partial charge is 0.227 e. The van der Waals surface area contributed by atoms with Crippen LogP contribution in [0, 0.1) is 5.41 Å². The van der Waals surface area contributed by atoms with Gasteiger partial charge in [0.05, 0.1) is 23.4 Å². The normalized spacial score (nSPS) is 21.4. The molecule has 1 saturated heterocycles. The number of hydrogen-bond acceptors (Lipinski definition) is 4. The largest absolute Gasteiger partial charge is 0.491 e. The van der Waals surface area contributed by atoms with Gasteiger partial charge in [-0.25, -0.2) is 0 Å². The van der Waals surface area contributed by atoms with Gasteiger partial charge in [-0.1, -0.05) is 13.0 Å². The summed E-state index contributed by atoms with van der Waals surface area (Å²) < 4.78 is 5.68. The summed E-state index contributed by atoms with van der Waals surface area (Å²) in [5.74, 6) is 0.810. The maximum absolute atomic E-state index is 12.0. The summed E-state index contributed by atoms with van der Waals surface area (Å²) in [5, 5.41) is 2.75. The lowest BCUT2D eigenvalue weighted by Gasteiger charge is -2.25. The molecule has 5 nitrogen and oxygen atoms in total. The van der Waals surface area contributed by atoms with Crippen molar-refractivity contribution >= 4 is 17.3 Å². The second kappa shape index (κ2) is 6.24. The second-order valence-electron chi connectivity index (χ2n) is 5.85. The van der Waals surface area contributed by atoms with Crippen molar-refractivity contribution in [2.45, 2.75) is 26.7 Å². The van der Waals surface area contributed by atoms with Crippen LogP contribution in [0.1, 0.15) is 26.7 Å². The highest BCUT2D eigenvalue weighted by Crippen LogP contribution is 2.38. The monoisotopic (exact) mass is 291 g/mol. The molecule has 1 aliphatic heterocycles. The summed E-state index contributed by atoms with van der Waals surface area (Å²) in [4.78, 5) is 14.2. The molecule has 116 valence electrons. The molecule has 2 rings (SSSR count). The first-order chi connectivity index (χ1) is 10.0. The summed E-state index contributed by atoms with van der Waals surface area (Å²) in [5.41, 5.74) is 7.49. The number of anilines is 2. The van der Waals surface area contributed by atoms with Crippen LogP contribution in [0.2, 0.25) is 0 Å². The van der Waals surface area contributed by atoms with Gasteiger partial charge in [0, 0.05) is 20.1 Å². The number of carbonyl (C=O) groups excluding carboxylic acids is 1. The van der Waals surface area contributed by atoms with E-state index >= 15 is 0 Å². The van der Waals surface area contributed by atoms with Crippen molar-refractivity contribution < 1.29 is 9.53 Å². The first-order valence-corrected chi connectivity index (χ1v) is 7.50. The lowest BCUT2D eigenvalue weighted by atomic mass is 9.89. The van der Waals surface area contributed by atoms with Crippen molar-refractivity contribution in [3.63, 3.8) is 0 Å². The van der Waals surface area contributed by atoms with Gasteiger partial charge < -0.3 is 20.7 Å². The first kappa shape index (κ1) is 15.5. The highest BCUT2D eigenvalue weighted by atomic mass is 16.5. The fourth-order valence-corrected chi connectivity index (χ4v) is 2.80. The van der Waals surface area contributed by atoms with Crippen molar-refractivity contribution in [2.75, 3.05) is 37.4 Å². The Bertz CT molecular complexity index is 518. The maximum atomic E-state index is 12.0. The molecule has 1 aliphatic rings. The van der Waals surface area contributed by atoms with E-state index in [-0.39, 0.29) is 11.3 Å². The number of rotatable bonds is 5. The zero-order valence-corrected chi connectivity index (χ0v) is 13.1. The Morgan fingerprint density at radius 3 is 2.95 bits per heavy atom. The van der Waals surface area contributed by atoms with Crippen molar-refractivity contribution in [3.05, 3.63) is 18.2 Å². The molecule has 0 saturated carbocycles. The summed E-state index contributed by atoms with van der Waals surface area (Å²) in [6, 6.07) is 5.83. The molecule has 3 N–H and O–H groups in total. The zero-order chi connectivity index (χ0) is 15.5. The fourth-order valence-electron chi connectivity index (χ4n) is 2.80. The van der Waals surface area contributed by atoms with E-state index in [0.717, 1.165) is 30.8 Å². The van der Waals surface area contributed by atoms with Crippen molar-refractivity contribution in [2.24, 2.45) is 5.41 Å². The average Bonchev–Trinajstić information content (AvgIpc) is 2.89. The molecular formula is C16H25N3O2. The van der Waals surface area contributed by atoms with Crippen LogP contribution in [0.3, 0.4) is 0 Å². The predicted octanol–water partition coefficient (Wildman–Crippen LogP) is 2.02. The summed E-state index contributed by atoms with van der Waals surface area (Å²) in [6.07, 6.45) is 1.77. The number of carbonyl (C=O) groups is 1. The molecule has 0 spiro atoms. The van der Waals surface area contributed by atoms with Gasteiger partial charge >= 0.3 is 0 Å². The molecule has 1 aromatic rings. The minimum absolute atomic E-state index is 0.0851. The molecule has 0 radical (unpaired) electrons. The van der Waals surface area contributed by atoms with E-state index in [9.17, 15) is 4.79 Å². The molecule has 1 unspecified atom stereocenters. The number of benzene rings is 1. The molecule has 5 heteroatoms. The van der Waals surface area contributed by atoms with Gasteiger partial charge in [0.2, 0.25) is 5.91 Å². The lowest BCUT2D eigenvalue weighted by Crippen LogP contribution is -2.39. The molecular weight excluding hydrogens is 266 g/mol. The molecule has 21 heavy (non-hydrogen) atoms. The Morgan fingerprint density at radius 1 is 1.52 bits per heavy atom. The van der Waals surface area contributed by atoms with Gasteiger partial charge in [-0.3, -0.25) is 4.79 Å². The second-order valence-corrected chi connectivity index (χ2v) is 5.85. The van der Waals surface area contributed by atoms with Gasteiger partial charge in [0.25, 0.3) is 0 Å². The third-order valence-electron chi connectivity index (χ3n) is 4.09. The summed E-state index contributed by atoms with van der Waals surface area (Å²) >= 11 is 0. The number of amides is 1. The molecule has 0 aliphatic carbocycles. The fraction of sp³-hybridized carbons (Fsp3) is 0.562. The van der Waals surface area contributed by atoms with Crippen LogP contribution >= 0.6 is 0 Å². The number of ether oxygens (including phenoxy) is 1. The van der Waals surface area contributed by atoms with Gasteiger partial charge in [-0.15, -0.1) is 0 Å². The molecule has 0 aromatic heterocycles. The van der Waals surface area contributed by atoms with Crippen LogP contribution in [0.15, 0.2) is 18.2 Å². The molecule has 1 aromatic carbocycles. The van der Waals surface area contributed by atoms with Crippen LogP contribution in [0.4, 0.5) is 11.4 Å². The molecule has 1 heterocycles. The van der Waals surface area contributed by atoms with Crippen LogP contribution in [0.5, 0.6) is 5.75 Å². The molecule has 1 atom stereocenters. The van der Waals surface area contributed by atoms with Crippen molar-refractivity contribution in [1.82, 2.24) is 5.32 Å². The van der Waals surface area contributed by atoms with Gasteiger partial charge in [0.1, 0.15) is 5.75 Å². The number of nitrogens with one attached hydrogen (secondary N) is 1. The lowest BCUT2D eigenvalue weighted by molar-refractivity contribution is -0.128. The van der Waals surface area contributed by atoms with E-state index in [1.165, 1.54) is 0 Å². The van der Waals surface area contributed by atoms with Gasteiger partial charge in [-0.05, 0) is 31.9 Å². The van der Waals surface area contributed by atoms with E-state index in [1.807, 2.05) is 25.1 Å². The van der Waals surface area contributed by atoms with Crippen LogP contribution < -0.4 is 20.7 Å². The highest BCUT2D eigenvalue weighted by molar-refractivity contribution is 5.84. The average molecular weight is 291 g/mol. The van der Waals surface area contributed by atoms with Crippen molar-refractivity contribution in [1.29, 1.82) is 0 Å². The predicted molar refractivity (Wildman–Crippen MR) is 85.6 cm³/mol. The van der Waals surface area contributed by atoms with E-state index in [0.29, 0.717) is 18.8 Å². The standard InChI is InChI=1S/C16H25N3O2/c1-4-10-21-13-7-5-6-12(14(13)17)19-9-8-16(2,11-19)15(20)18-3/h5-7H,4,8-11,17H2,1-3H3,(H,18,20). The van der Waals surface area contributed by atoms with Crippen LogP contribution in [-0.2, 0) is 4.79 Å². The topological polar surface area (TPSA) is 67.6 Å². The van der Waals surface area contributed by atoms with E-state index in [1.54, 1.807) is 7.05 Å². The van der Waals surface area contributed by atoms with Crippen molar-refractivity contribution in [3.8, 4) is 5.75 Å². The van der Waals surface area contributed by atoms with E-state index in [2.05, 4.69) is 17.1 Å². The Kier molecular flexibility index (Phi) is 4.60. The first-order valence-electron chi connectivity index (χ1n) is 7.50. The van der Waals surface area contributed by atoms with Gasteiger partial charge in [0.15, 0.2) is 0 Å². The zero-order valence-electron chi connectivity index (χ0n) is 13.1. The number of hydrogen-bond donors (Lipinski definition) is 2. The summed E-state index contributed by atoms with van der Waals surface area (Å²) in [7, 11) is 1.68. The molecule has 1 amide bonds. The van der Waals surface area contributed by atoms with Crippen LogP contribution in [0.25, 0.3) is 0 Å². The quantitative estimate of drug-likeness (QED) is 0.815.